The molecule has 0 aliphatic rings. The van der Waals surface area contributed by atoms with Crippen LogP contribution in [0.4, 0.5) is 11.6 Å². The second kappa shape index (κ2) is 11.1. The topological polar surface area (TPSA) is 112 Å². The Balaban J connectivity index is 1.73. The van der Waals surface area contributed by atoms with Gasteiger partial charge in [0.1, 0.15) is 34.4 Å². The highest BCUT2D eigenvalue weighted by molar-refractivity contribution is 7.15. The van der Waals surface area contributed by atoms with E-state index in [0.29, 0.717) is 23.7 Å². The molecule has 4 aromatic rings. The van der Waals surface area contributed by atoms with Gasteiger partial charge in [0.25, 0.3) is 5.56 Å². The molecule has 0 bridgehead atoms. The number of benzene rings is 1. The van der Waals surface area contributed by atoms with Crippen molar-refractivity contribution in [3.8, 4) is 6.07 Å². The molecule has 0 fully saturated rings. The van der Waals surface area contributed by atoms with Crippen LogP contribution in [-0.2, 0) is 13.0 Å². The fraction of sp³-hybridized carbons (Fsp3) is 0.357. The average Bonchev–Trinajstić information content (AvgIpc) is 3.21. The lowest BCUT2D eigenvalue weighted by molar-refractivity contribution is 0.288. The van der Waals surface area contributed by atoms with E-state index in [1.54, 1.807) is 4.40 Å². The van der Waals surface area contributed by atoms with E-state index < -0.39 is 0 Å². The van der Waals surface area contributed by atoms with Crippen LogP contribution in [0.1, 0.15) is 60.3 Å². The van der Waals surface area contributed by atoms with Gasteiger partial charge in [-0.2, -0.15) is 5.26 Å². The number of hydrogen-bond acceptors (Lipinski definition) is 8. The third-order valence-corrected chi connectivity index (χ3v) is 7.32. The monoisotopic (exact) mass is 515 g/mol. The summed E-state index contributed by atoms with van der Waals surface area (Å²) in [5.41, 5.74) is 10.9. The Morgan fingerprint density at radius 1 is 1.22 bits per heavy atom. The number of hydrogen-bond donors (Lipinski definition) is 2. The second-order valence-corrected chi connectivity index (χ2v) is 10.9. The number of aryl methyl sites for hydroxylation is 1. The van der Waals surface area contributed by atoms with Crippen LogP contribution in [0.2, 0.25) is 0 Å². The zero-order valence-corrected chi connectivity index (χ0v) is 22.8. The first-order chi connectivity index (χ1) is 17.7. The van der Waals surface area contributed by atoms with Gasteiger partial charge in [0.05, 0.1) is 6.04 Å². The van der Waals surface area contributed by atoms with E-state index >= 15 is 0 Å². The van der Waals surface area contributed by atoms with Gasteiger partial charge in [-0.15, -0.1) is 11.3 Å². The molecule has 9 heteroatoms. The fourth-order valence-electron chi connectivity index (χ4n) is 4.77. The number of nitrogens with two attached hydrogens (primary N) is 1. The second-order valence-electron chi connectivity index (χ2n) is 9.98. The van der Waals surface area contributed by atoms with Gasteiger partial charge in [-0.3, -0.25) is 9.20 Å². The highest BCUT2D eigenvalue weighted by Gasteiger charge is 2.20. The Bertz CT molecular complexity index is 1520. The molecule has 37 heavy (non-hydrogen) atoms. The molecule has 4 rings (SSSR count). The first-order valence-electron chi connectivity index (χ1n) is 12.3. The van der Waals surface area contributed by atoms with Gasteiger partial charge in [0.15, 0.2) is 0 Å². The SMILES string of the molecule is Cc1csc2cc([C@H](C)Nc3ncnc(N)c3C#N)c(Cc3cccc(CN(C)CC(C)C)c3)c(=O)n12. The number of fused-ring (bicyclic) bond motifs is 1. The molecule has 0 amide bonds. The van der Waals surface area contributed by atoms with Crippen molar-refractivity contribution in [2.45, 2.75) is 46.7 Å². The molecule has 192 valence electrons. The lowest BCUT2D eigenvalue weighted by Gasteiger charge is -2.21. The molecule has 3 N–H and O–H groups in total. The molecule has 1 aromatic carbocycles. The van der Waals surface area contributed by atoms with Crippen LogP contribution in [0.15, 0.2) is 46.8 Å². The summed E-state index contributed by atoms with van der Waals surface area (Å²) in [6.07, 6.45) is 1.83. The van der Waals surface area contributed by atoms with E-state index in [1.807, 2.05) is 19.2 Å². The molecule has 0 unspecified atom stereocenters. The lowest BCUT2D eigenvalue weighted by Crippen LogP contribution is -2.24. The van der Waals surface area contributed by atoms with Gasteiger partial charge in [-0.1, -0.05) is 38.1 Å². The average molecular weight is 516 g/mol. The maximum atomic E-state index is 13.8. The predicted octanol–water partition coefficient (Wildman–Crippen LogP) is 4.77. The largest absolute Gasteiger partial charge is 0.382 e. The van der Waals surface area contributed by atoms with Crippen LogP contribution in [0, 0.1) is 24.2 Å². The number of nitrogens with one attached hydrogen (secondary N) is 1. The number of thiazole rings is 1. The third kappa shape index (κ3) is 5.82. The standard InChI is InChI=1S/C28H33N7OS/c1-17(2)13-34(5)14-21-8-6-7-20(9-21)10-23-22(11-25-35(28(23)36)18(3)15-37-25)19(4)33-27-24(12-29)26(30)31-16-32-27/h6-9,11,15-17,19H,10,13-14H2,1-5H3,(H3,30,31,32,33)/t19-/m0/s1. The van der Waals surface area contributed by atoms with Gasteiger partial charge in [0, 0.05) is 36.1 Å². The molecule has 1 atom stereocenters. The van der Waals surface area contributed by atoms with Gasteiger partial charge in [-0.25, -0.2) is 9.97 Å². The normalized spacial score (nSPS) is 12.3. The van der Waals surface area contributed by atoms with Gasteiger partial charge in [-0.05, 0) is 49.6 Å². The third-order valence-electron chi connectivity index (χ3n) is 6.32. The fourth-order valence-corrected chi connectivity index (χ4v) is 5.69. The summed E-state index contributed by atoms with van der Waals surface area (Å²) in [4.78, 5) is 25.1. The Morgan fingerprint density at radius 2 is 1.97 bits per heavy atom. The van der Waals surface area contributed by atoms with E-state index in [9.17, 15) is 10.1 Å². The zero-order valence-electron chi connectivity index (χ0n) is 21.9. The van der Waals surface area contributed by atoms with Crippen molar-refractivity contribution in [3.63, 3.8) is 0 Å². The Kier molecular flexibility index (Phi) is 7.91. The van der Waals surface area contributed by atoms with E-state index in [1.165, 1.54) is 23.2 Å². The molecular formula is C28H33N7OS. The first kappa shape index (κ1) is 26.3. The summed E-state index contributed by atoms with van der Waals surface area (Å²) in [6.45, 7) is 10.2. The predicted molar refractivity (Wildman–Crippen MR) is 150 cm³/mol. The number of pyridine rings is 1. The van der Waals surface area contributed by atoms with Gasteiger partial charge in [0.2, 0.25) is 0 Å². The zero-order chi connectivity index (χ0) is 26.7. The summed E-state index contributed by atoms with van der Waals surface area (Å²) in [7, 11) is 2.13. The van der Waals surface area contributed by atoms with Crippen molar-refractivity contribution < 1.29 is 0 Å². The molecule has 0 saturated carbocycles. The number of anilines is 2. The molecular weight excluding hydrogens is 482 g/mol. The van der Waals surface area contributed by atoms with E-state index in [0.717, 1.165) is 34.7 Å². The maximum Gasteiger partial charge on any atom is 0.259 e. The van der Waals surface area contributed by atoms with Crippen LogP contribution in [0.3, 0.4) is 0 Å². The van der Waals surface area contributed by atoms with Crippen molar-refractivity contribution in [2.24, 2.45) is 5.92 Å². The molecule has 3 aromatic heterocycles. The van der Waals surface area contributed by atoms with Crippen LogP contribution in [-0.4, -0.2) is 32.9 Å². The van der Waals surface area contributed by atoms with Gasteiger partial charge >= 0.3 is 0 Å². The number of rotatable bonds is 9. The van der Waals surface area contributed by atoms with Crippen molar-refractivity contribution in [1.29, 1.82) is 5.26 Å². The minimum absolute atomic E-state index is 0.0232. The van der Waals surface area contributed by atoms with Crippen LogP contribution in [0.25, 0.3) is 4.83 Å². The molecule has 0 aliphatic carbocycles. The molecule has 3 heterocycles. The van der Waals surface area contributed by atoms with E-state index in [4.69, 9.17) is 5.73 Å². The van der Waals surface area contributed by atoms with Crippen LogP contribution >= 0.6 is 11.3 Å². The minimum Gasteiger partial charge on any atom is -0.382 e. The lowest BCUT2D eigenvalue weighted by atomic mass is 9.96. The summed E-state index contributed by atoms with van der Waals surface area (Å²) in [6, 6.07) is 12.3. The highest BCUT2D eigenvalue weighted by atomic mass is 32.1. The number of nitriles is 1. The molecule has 0 radical (unpaired) electrons. The summed E-state index contributed by atoms with van der Waals surface area (Å²) < 4.78 is 1.78. The Morgan fingerprint density at radius 3 is 2.70 bits per heavy atom. The van der Waals surface area contributed by atoms with Crippen molar-refractivity contribution >= 4 is 27.8 Å². The van der Waals surface area contributed by atoms with Gasteiger partial charge < -0.3 is 16.0 Å². The summed E-state index contributed by atoms with van der Waals surface area (Å²) in [5, 5.41) is 14.8. The highest BCUT2D eigenvalue weighted by Crippen LogP contribution is 2.28. The van der Waals surface area contributed by atoms with Crippen molar-refractivity contribution in [3.05, 3.63) is 85.9 Å². The van der Waals surface area contributed by atoms with Crippen molar-refractivity contribution in [1.82, 2.24) is 19.3 Å². The van der Waals surface area contributed by atoms with E-state index in [2.05, 4.69) is 77.5 Å². The molecule has 0 aliphatic heterocycles. The Hall–Kier alpha value is -3.74. The number of nitrogens with zero attached hydrogens (tertiary/aromatic N) is 5. The number of nitrogen functional groups attached to an aromatic ring is 1. The van der Waals surface area contributed by atoms with E-state index in [-0.39, 0.29) is 23.0 Å². The Labute approximate surface area is 221 Å². The van der Waals surface area contributed by atoms with Crippen molar-refractivity contribution in [2.75, 3.05) is 24.6 Å². The molecule has 0 spiro atoms. The smallest absolute Gasteiger partial charge is 0.259 e. The summed E-state index contributed by atoms with van der Waals surface area (Å²) >= 11 is 1.54. The maximum absolute atomic E-state index is 13.8. The quantitative estimate of drug-likeness (QED) is 0.330. The van der Waals surface area contributed by atoms with Crippen LogP contribution in [0.5, 0.6) is 0 Å². The minimum atomic E-state index is -0.295. The molecule has 8 nitrogen and oxygen atoms in total. The summed E-state index contributed by atoms with van der Waals surface area (Å²) in [5.74, 6) is 1.07. The van der Waals surface area contributed by atoms with Crippen LogP contribution < -0.4 is 16.6 Å². The number of aromatic nitrogens is 3. The first-order valence-corrected chi connectivity index (χ1v) is 13.2. The molecule has 0 saturated heterocycles.